The Hall–Kier alpha value is -0.830. The molecule has 0 unspecified atom stereocenters. The molecule has 94 valence electrons. The lowest BCUT2D eigenvalue weighted by atomic mass is 10.0. The summed E-state index contributed by atoms with van der Waals surface area (Å²) in [5.74, 6) is 0.599. The van der Waals surface area contributed by atoms with Gasteiger partial charge in [-0.25, -0.2) is 0 Å². The van der Waals surface area contributed by atoms with E-state index in [1.807, 2.05) is 25.1 Å². The van der Waals surface area contributed by atoms with Crippen LogP contribution in [0.3, 0.4) is 0 Å². The Bertz CT molecular complexity index is 386. The van der Waals surface area contributed by atoms with Crippen molar-refractivity contribution in [1.29, 1.82) is 0 Å². The summed E-state index contributed by atoms with van der Waals surface area (Å²) in [7, 11) is 0. The van der Waals surface area contributed by atoms with Crippen molar-refractivity contribution in [3.05, 3.63) is 33.8 Å². The molecule has 0 aromatic heterocycles. The molecule has 0 fully saturated rings. The van der Waals surface area contributed by atoms with Gasteiger partial charge in [0.05, 0.1) is 0 Å². The zero-order valence-electron chi connectivity index (χ0n) is 10.7. The molecule has 0 spiro atoms. The van der Waals surface area contributed by atoms with Crippen LogP contribution in [-0.2, 0) is 0 Å². The van der Waals surface area contributed by atoms with Crippen LogP contribution in [0.1, 0.15) is 42.6 Å². The third kappa shape index (κ3) is 4.15. The van der Waals surface area contributed by atoms with E-state index in [2.05, 4.69) is 35.1 Å². The minimum absolute atomic E-state index is 0.0238. The highest BCUT2D eigenvalue weighted by Gasteiger charge is 2.11. The van der Waals surface area contributed by atoms with Crippen LogP contribution in [0, 0.1) is 12.8 Å². The second kappa shape index (κ2) is 6.80. The van der Waals surface area contributed by atoms with Gasteiger partial charge in [-0.1, -0.05) is 48.7 Å². The SMILES string of the molecule is CCC(CC)CNC(=O)c1cc(Br)ccc1C. The topological polar surface area (TPSA) is 29.1 Å². The molecule has 0 aliphatic carbocycles. The first kappa shape index (κ1) is 14.2. The Labute approximate surface area is 112 Å². The first-order valence-electron chi connectivity index (χ1n) is 6.12. The predicted octanol–water partition coefficient (Wildman–Crippen LogP) is 3.92. The Balaban J connectivity index is 2.66. The zero-order chi connectivity index (χ0) is 12.8. The van der Waals surface area contributed by atoms with E-state index in [1.54, 1.807) is 0 Å². The summed E-state index contributed by atoms with van der Waals surface area (Å²) in [5.41, 5.74) is 1.76. The van der Waals surface area contributed by atoms with Crippen molar-refractivity contribution in [2.24, 2.45) is 5.92 Å². The van der Waals surface area contributed by atoms with Crippen molar-refractivity contribution >= 4 is 21.8 Å². The van der Waals surface area contributed by atoms with E-state index in [4.69, 9.17) is 0 Å². The molecule has 1 N–H and O–H groups in total. The number of carbonyl (C=O) groups excluding carboxylic acids is 1. The van der Waals surface area contributed by atoms with E-state index in [9.17, 15) is 4.79 Å². The van der Waals surface area contributed by atoms with Gasteiger partial charge in [-0.15, -0.1) is 0 Å². The maximum Gasteiger partial charge on any atom is 0.251 e. The van der Waals surface area contributed by atoms with Crippen molar-refractivity contribution in [3.8, 4) is 0 Å². The van der Waals surface area contributed by atoms with Gasteiger partial charge in [0.15, 0.2) is 0 Å². The van der Waals surface area contributed by atoms with Gasteiger partial charge in [0, 0.05) is 16.6 Å². The van der Waals surface area contributed by atoms with Gasteiger partial charge in [0.1, 0.15) is 0 Å². The molecule has 0 saturated carbocycles. The maximum atomic E-state index is 12.0. The summed E-state index contributed by atoms with van der Waals surface area (Å²) in [6.45, 7) is 7.03. The number of nitrogens with one attached hydrogen (secondary N) is 1. The molecule has 1 aromatic carbocycles. The minimum atomic E-state index is 0.0238. The maximum absolute atomic E-state index is 12.0. The largest absolute Gasteiger partial charge is 0.352 e. The molecule has 1 rings (SSSR count). The number of amides is 1. The molecule has 2 nitrogen and oxygen atoms in total. The lowest BCUT2D eigenvalue weighted by molar-refractivity contribution is 0.0945. The van der Waals surface area contributed by atoms with Crippen molar-refractivity contribution in [2.75, 3.05) is 6.54 Å². The fourth-order valence-corrected chi connectivity index (χ4v) is 2.11. The molecule has 0 heterocycles. The van der Waals surface area contributed by atoms with Crippen LogP contribution in [0.2, 0.25) is 0 Å². The van der Waals surface area contributed by atoms with Crippen LogP contribution in [0.4, 0.5) is 0 Å². The van der Waals surface area contributed by atoms with Crippen molar-refractivity contribution in [2.45, 2.75) is 33.6 Å². The van der Waals surface area contributed by atoms with Gasteiger partial charge in [-0.05, 0) is 30.5 Å². The average molecular weight is 298 g/mol. The predicted molar refractivity (Wildman–Crippen MR) is 75.3 cm³/mol. The van der Waals surface area contributed by atoms with E-state index < -0.39 is 0 Å². The number of carbonyl (C=O) groups is 1. The highest BCUT2D eigenvalue weighted by Crippen LogP contribution is 2.16. The second-order valence-electron chi connectivity index (χ2n) is 4.35. The van der Waals surface area contributed by atoms with Gasteiger partial charge in [-0.3, -0.25) is 4.79 Å². The highest BCUT2D eigenvalue weighted by molar-refractivity contribution is 9.10. The Morgan fingerprint density at radius 2 is 2.00 bits per heavy atom. The van der Waals surface area contributed by atoms with Crippen molar-refractivity contribution in [3.63, 3.8) is 0 Å². The summed E-state index contributed by atoms with van der Waals surface area (Å²) < 4.78 is 0.941. The van der Waals surface area contributed by atoms with Crippen LogP contribution in [0.15, 0.2) is 22.7 Å². The zero-order valence-corrected chi connectivity index (χ0v) is 12.3. The van der Waals surface area contributed by atoms with Crippen LogP contribution >= 0.6 is 15.9 Å². The highest BCUT2D eigenvalue weighted by atomic mass is 79.9. The molecular formula is C14H20BrNO. The van der Waals surface area contributed by atoms with E-state index in [0.717, 1.165) is 35.0 Å². The van der Waals surface area contributed by atoms with Crippen molar-refractivity contribution in [1.82, 2.24) is 5.32 Å². The minimum Gasteiger partial charge on any atom is -0.352 e. The van der Waals surface area contributed by atoms with Crippen LogP contribution in [-0.4, -0.2) is 12.5 Å². The molecule has 0 radical (unpaired) electrons. The molecular weight excluding hydrogens is 278 g/mol. The van der Waals surface area contributed by atoms with E-state index >= 15 is 0 Å². The molecule has 0 atom stereocenters. The number of halogens is 1. The van der Waals surface area contributed by atoms with Gasteiger partial charge in [-0.2, -0.15) is 0 Å². The molecule has 0 aliphatic rings. The van der Waals surface area contributed by atoms with Gasteiger partial charge in [0.2, 0.25) is 0 Å². The van der Waals surface area contributed by atoms with Crippen LogP contribution in [0.5, 0.6) is 0 Å². The number of hydrogen-bond acceptors (Lipinski definition) is 1. The molecule has 1 amide bonds. The fourth-order valence-electron chi connectivity index (χ4n) is 1.75. The summed E-state index contributed by atoms with van der Waals surface area (Å²) in [6, 6.07) is 5.78. The fraction of sp³-hybridized carbons (Fsp3) is 0.500. The molecule has 1 aromatic rings. The monoisotopic (exact) mass is 297 g/mol. The van der Waals surface area contributed by atoms with E-state index in [-0.39, 0.29) is 5.91 Å². The smallest absolute Gasteiger partial charge is 0.251 e. The van der Waals surface area contributed by atoms with Crippen LogP contribution < -0.4 is 5.32 Å². The normalized spacial score (nSPS) is 10.6. The molecule has 0 bridgehead atoms. The number of benzene rings is 1. The molecule has 17 heavy (non-hydrogen) atoms. The summed E-state index contributed by atoms with van der Waals surface area (Å²) >= 11 is 3.39. The Morgan fingerprint density at radius 1 is 1.35 bits per heavy atom. The van der Waals surface area contributed by atoms with Gasteiger partial charge >= 0.3 is 0 Å². The lowest BCUT2D eigenvalue weighted by Crippen LogP contribution is -2.29. The third-order valence-corrected chi connectivity index (χ3v) is 3.64. The number of hydrogen-bond donors (Lipinski definition) is 1. The first-order chi connectivity index (χ1) is 8.08. The lowest BCUT2D eigenvalue weighted by Gasteiger charge is -2.14. The Kier molecular flexibility index (Phi) is 5.69. The second-order valence-corrected chi connectivity index (χ2v) is 5.27. The number of rotatable bonds is 5. The summed E-state index contributed by atoms with van der Waals surface area (Å²) in [5, 5.41) is 3.01. The van der Waals surface area contributed by atoms with E-state index in [1.165, 1.54) is 0 Å². The average Bonchev–Trinajstić information content (AvgIpc) is 2.33. The molecule has 0 aliphatic heterocycles. The quantitative estimate of drug-likeness (QED) is 0.877. The first-order valence-corrected chi connectivity index (χ1v) is 6.92. The number of aryl methyl sites for hydroxylation is 1. The Morgan fingerprint density at radius 3 is 2.59 bits per heavy atom. The molecule has 0 saturated heterocycles. The van der Waals surface area contributed by atoms with Gasteiger partial charge in [0.25, 0.3) is 5.91 Å². The van der Waals surface area contributed by atoms with Gasteiger partial charge < -0.3 is 5.32 Å². The third-order valence-electron chi connectivity index (χ3n) is 3.15. The molecule has 3 heteroatoms. The van der Waals surface area contributed by atoms with Crippen molar-refractivity contribution < 1.29 is 4.79 Å². The summed E-state index contributed by atoms with van der Waals surface area (Å²) in [6.07, 6.45) is 2.21. The van der Waals surface area contributed by atoms with Crippen LogP contribution in [0.25, 0.3) is 0 Å². The standard InChI is InChI=1S/C14H20BrNO/c1-4-11(5-2)9-16-14(17)13-8-12(15)7-6-10(13)3/h6-8,11H,4-5,9H2,1-3H3,(H,16,17). The van der Waals surface area contributed by atoms with E-state index in [0.29, 0.717) is 5.92 Å². The summed E-state index contributed by atoms with van der Waals surface area (Å²) in [4.78, 5) is 12.0.